The van der Waals surface area contributed by atoms with Gasteiger partial charge in [0.15, 0.2) is 0 Å². The quantitative estimate of drug-likeness (QED) is 0.467. The molecule has 1 heterocycles. The number of benzene rings is 1. The highest BCUT2D eigenvalue weighted by molar-refractivity contribution is 8.00. The van der Waals surface area contributed by atoms with E-state index in [1.165, 1.54) is 24.4 Å². The van der Waals surface area contributed by atoms with E-state index in [2.05, 4.69) is 4.74 Å². The molecule has 0 radical (unpaired) electrons. The summed E-state index contributed by atoms with van der Waals surface area (Å²) in [6.45, 7) is 0. The molecular weight excluding hydrogens is 442 g/mol. The first kappa shape index (κ1) is 22.2. The molecule has 0 unspecified atom stereocenters. The van der Waals surface area contributed by atoms with Crippen molar-refractivity contribution in [2.75, 3.05) is 19.1 Å². The molecule has 1 aromatic rings. The molecule has 1 aliphatic rings. The molecule has 0 bridgehead atoms. The third-order valence-corrected chi connectivity index (χ3v) is 4.63. The average Bonchev–Trinajstić information content (AvgIpc) is 2.81. The molecule has 1 aromatic carbocycles. The number of carbonyl (C=O) groups is 2. The van der Waals surface area contributed by atoms with Crippen molar-refractivity contribution in [2.45, 2.75) is 10.4 Å². The lowest BCUT2D eigenvalue weighted by molar-refractivity contribution is -0.139. The van der Waals surface area contributed by atoms with E-state index in [-0.39, 0.29) is 43.7 Å². The Balaban J connectivity index is 2.67. The second-order valence-electron chi connectivity index (χ2n) is 5.10. The number of hydrogen-bond donors (Lipinski definition) is 0. The van der Waals surface area contributed by atoms with Crippen molar-refractivity contribution < 1.29 is 32.2 Å². The van der Waals surface area contributed by atoms with Crippen LogP contribution >= 0.6 is 35.0 Å². The Morgan fingerprint density at radius 3 is 2.11 bits per heavy atom. The van der Waals surface area contributed by atoms with Crippen LogP contribution in [0, 0.1) is 0 Å². The molecule has 11 heteroatoms. The molecule has 0 N–H and O–H groups in total. The van der Waals surface area contributed by atoms with Crippen LogP contribution in [-0.4, -0.2) is 31.7 Å². The number of alkyl halides is 3. The van der Waals surface area contributed by atoms with E-state index < -0.39 is 17.4 Å². The molecule has 0 aromatic heterocycles. The molecule has 0 atom stereocenters. The molecule has 0 fully saturated rings. The highest BCUT2D eigenvalue weighted by Gasteiger charge is 2.32. The predicted molar refractivity (Wildman–Crippen MR) is 100 cm³/mol. The number of rotatable bonds is 4. The Morgan fingerprint density at radius 2 is 1.61 bits per heavy atom. The number of carbonyl (C=O) groups excluding carboxylic acids is 2. The Hall–Kier alpha value is -2.10. The second kappa shape index (κ2) is 8.93. The molecule has 5 nitrogen and oxygen atoms in total. The minimum Gasteiger partial charge on any atom is -0.465 e. The van der Waals surface area contributed by atoms with E-state index in [0.29, 0.717) is 0 Å². The Labute approximate surface area is 172 Å². The van der Waals surface area contributed by atoms with E-state index in [9.17, 15) is 22.8 Å². The summed E-state index contributed by atoms with van der Waals surface area (Å²) < 4.78 is 47.3. The first-order chi connectivity index (χ1) is 13.1. The Morgan fingerprint density at radius 1 is 1.04 bits per heavy atom. The number of nitrogens with zero attached hydrogens (tertiary/aromatic N) is 1. The molecule has 0 saturated carbocycles. The topological polar surface area (TPSA) is 55.8 Å². The van der Waals surface area contributed by atoms with Gasteiger partial charge in [0.25, 0.3) is 0 Å². The van der Waals surface area contributed by atoms with Crippen LogP contribution in [0.15, 0.2) is 52.7 Å². The van der Waals surface area contributed by atoms with Crippen molar-refractivity contribution in [3.8, 4) is 0 Å². The van der Waals surface area contributed by atoms with Crippen molar-refractivity contribution in [2.24, 2.45) is 0 Å². The fourth-order valence-electron chi connectivity index (χ4n) is 2.30. The zero-order valence-electron chi connectivity index (χ0n) is 14.3. The first-order valence-corrected chi connectivity index (χ1v) is 8.96. The normalized spacial score (nSPS) is 14.2. The van der Waals surface area contributed by atoms with Crippen molar-refractivity contribution in [3.63, 3.8) is 0 Å². The smallest absolute Gasteiger partial charge is 0.446 e. The molecule has 0 aliphatic carbocycles. The maximum absolute atomic E-state index is 12.6. The minimum atomic E-state index is -4.53. The van der Waals surface area contributed by atoms with Gasteiger partial charge in [-0.05, 0) is 36.0 Å². The fourth-order valence-corrected chi connectivity index (χ4v) is 3.72. The van der Waals surface area contributed by atoms with Gasteiger partial charge in [0.1, 0.15) is 5.70 Å². The van der Waals surface area contributed by atoms with E-state index in [1.54, 1.807) is 0 Å². The Kier molecular flexibility index (Phi) is 7.08. The van der Waals surface area contributed by atoms with Gasteiger partial charge < -0.3 is 14.4 Å². The van der Waals surface area contributed by atoms with Gasteiger partial charge in [-0.15, -0.1) is 0 Å². The maximum Gasteiger partial charge on any atom is 0.446 e. The van der Waals surface area contributed by atoms with Gasteiger partial charge in [0, 0.05) is 11.1 Å². The van der Waals surface area contributed by atoms with Crippen LogP contribution < -0.4 is 4.90 Å². The number of thioether (sulfide) groups is 1. The number of ether oxygens (including phenoxy) is 2. The van der Waals surface area contributed by atoms with Crippen LogP contribution in [-0.2, 0) is 19.1 Å². The van der Waals surface area contributed by atoms with Gasteiger partial charge in [0.2, 0.25) is 0 Å². The largest absolute Gasteiger partial charge is 0.465 e. The van der Waals surface area contributed by atoms with Gasteiger partial charge in [-0.25, -0.2) is 9.59 Å². The summed E-state index contributed by atoms with van der Waals surface area (Å²) in [4.78, 5) is 25.4. The van der Waals surface area contributed by atoms with Gasteiger partial charge in [-0.2, -0.15) is 13.2 Å². The lowest BCUT2D eigenvalue weighted by Gasteiger charge is -2.25. The number of methoxy groups -OCH3 is 2. The predicted octanol–water partition coefficient (Wildman–Crippen LogP) is 5.10. The van der Waals surface area contributed by atoms with Crippen molar-refractivity contribution in [1.29, 1.82) is 0 Å². The van der Waals surface area contributed by atoms with Crippen LogP contribution in [0.1, 0.15) is 0 Å². The summed E-state index contributed by atoms with van der Waals surface area (Å²) in [5, 5.41) is -0.340. The van der Waals surface area contributed by atoms with Crippen LogP contribution in [0.3, 0.4) is 0 Å². The van der Waals surface area contributed by atoms with Crippen molar-refractivity contribution in [1.82, 2.24) is 0 Å². The van der Waals surface area contributed by atoms with Gasteiger partial charge in [-0.3, -0.25) is 0 Å². The molecule has 0 saturated heterocycles. The highest BCUT2D eigenvalue weighted by Crippen LogP contribution is 2.44. The molecule has 2 rings (SSSR count). The van der Waals surface area contributed by atoms with Crippen molar-refractivity contribution >= 4 is 52.6 Å². The van der Waals surface area contributed by atoms with Crippen LogP contribution in [0.4, 0.5) is 18.9 Å². The number of hydrogen-bond acceptors (Lipinski definition) is 6. The molecule has 0 spiro atoms. The third kappa shape index (κ3) is 5.03. The van der Waals surface area contributed by atoms with Crippen LogP contribution in [0.25, 0.3) is 0 Å². The monoisotopic (exact) mass is 453 g/mol. The van der Waals surface area contributed by atoms with E-state index in [0.717, 1.165) is 31.3 Å². The summed E-state index contributed by atoms with van der Waals surface area (Å²) in [5.41, 5.74) is -4.95. The van der Waals surface area contributed by atoms with E-state index in [1.807, 2.05) is 0 Å². The van der Waals surface area contributed by atoms with Crippen LogP contribution in [0.5, 0.6) is 0 Å². The number of allylic oxidation sites excluding steroid dienone is 2. The standard InChI is InChI=1S/C17H12Cl2F3NO4S/c1-26-15(24)10-5-3-4-6-23(13(10)16(25)27-2)14-11(18)7-9(8-12(14)19)28-17(20,21)22/h3-8H,1-2H3. The average molecular weight is 454 g/mol. The summed E-state index contributed by atoms with van der Waals surface area (Å²) in [6.07, 6.45) is 5.63. The number of esters is 2. The minimum absolute atomic E-state index is 0.00314. The fraction of sp³-hybridized carbons (Fsp3) is 0.176. The maximum atomic E-state index is 12.6. The van der Waals surface area contributed by atoms with Crippen molar-refractivity contribution in [3.05, 3.63) is 57.9 Å². The van der Waals surface area contributed by atoms with Gasteiger partial charge in [0.05, 0.1) is 35.5 Å². The zero-order chi connectivity index (χ0) is 21.1. The second-order valence-corrected chi connectivity index (χ2v) is 7.05. The van der Waals surface area contributed by atoms with Gasteiger partial charge >= 0.3 is 17.4 Å². The summed E-state index contributed by atoms with van der Waals surface area (Å²) in [5.74, 6) is -1.74. The molecule has 0 amide bonds. The molecule has 28 heavy (non-hydrogen) atoms. The van der Waals surface area contributed by atoms with Crippen LogP contribution in [0.2, 0.25) is 10.0 Å². The molecule has 150 valence electrons. The lowest BCUT2D eigenvalue weighted by Crippen LogP contribution is -2.27. The molecular formula is C17H12Cl2F3NO4S. The summed E-state index contributed by atoms with van der Waals surface area (Å²) in [6, 6.07) is 2.11. The van der Waals surface area contributed by atoms with Gasteiger partial charge in [-0.1, -0.05) is 29.3 Å². The number of anilines is 1. The summed E-state index contributed by atoms with van der Waals surface area (Å²) >= 11 is 12.0. The summed E-state index contributed by atoms with van der Waals surface area (Å²) in [7, 11) is 2.23. The zero-order valence-corrected chi connectivity index (χ0v) is 16.7. The lowest BCUT2D eigenvalue weighted by atomic mass is 10.1. The highest BCUT2D eigenvalue weighted by atomic mass is 35.5. The Bertz CT molecular complexity index is 874. The van der Waals surface area contributed by atoms with E-state index in [4.69, 9.17) is 27.9 Å². The number of halogens is 5. The SMILES string of the molecule is COC(=O)C1=C(C(=O)OC)N(c2c(Cl)cc(SC(F)(F)F)cc2Cl)C=CC=C1. The first-order valence-electron chi connectivity index (χ1n) is 7.38. The third-order valence-electron chi connectivity index (χ3n) is 3.35. The van der Waals surface area contributed by atoms with E-state index >= 15 is 0 Å². The molecule has 1 aliphatic heterocycles.